The third-order valence-corrected chi connectivity index (χ3v) is 5.42. The summed E-state index contributed by atoms with van der Waals surface area (Å²) in [4.78, 5) is 26.3. The Hall–Kier alpha value is -1.69. The number of ether oxygens (including phenoxy) is 1. The summed E-state index contributed by atoms with van der Waals surface area (Å²) in [6, 6.07) is 5.85. The van der Waals surface area contributed by atoms with E-state index in [1.54, 1.807) is 7.11 Å². The number of nitrogens with zero attached hydrogens (tertiary/aromatic N) is 1. The Morgan fingerprint density at radius 2 is 1.85 bits per heavy atom. The summed E-state index contributed by atoms with van der Waals surface area (Å²) in [5.74, 6) is 1.26. The number of carbonyl (C=O) groups excluding carboxylic acids is 2. The summed E-state index contributed by atoms with van der Waals surface area (Å²) in [7, 11) is 1.59. The highest BCUT2D eigenvalue weighted by Crippen LogP contribution is 2.31. The number of likely N-dealkylation sites (tertiary alicyclic amines) is 1. The fourth-order valence-electron chi connectivity index (χ4n) is 2.92. The first-order chi connectivity index (χ1) is 12.3. The number of piperidine rings is 1. The van der Waals surface area contributed by atoms with Crippen molar-refractivity contribution in [1.29, 1.82) is 0 Å². The predicted octanol–water partition coefficient (Wildman–Crippen LogP) is 3.68. The third-order valence-electron chi connectivity index (χ3n) is 4.51. The van der Waals surface area contributed by atoms with Gasteiger partial charge < -0.3 is 15.0 Å². The van der Waals surface area contributed by atoms with Gasteiger partial charge in [0.2, 0.25) is 11.8 Å². The molecular weight excluding hydrogens is 348 g/mol. The number of nitrogens with one attached hydrogen (secondary N) is 1. The van der Waals surface area contributed by atoms with Crippen molar-refractivity contribution in [3.05, 3.63) is 23.8 Å². The number of methoxy groups -OCH3 is 1. The fraction of sp³-hybridized carbons (Fsp3) is 0.600. The molecule has 2 amide bonds. The van der Waals surface area contributed by atoms with Gasteiger partial charge in [0.05, 0.1) is 24.3 Å². The highest BCUT2D eigenvalue weighted by molar-refractivity contribution is 8.00. The van der Waals surface area contributed by atoms with E-state index < -0.39 is 0 Å². The Balaban J connectivity index is 1.87. The number of anilines is 1. The lowest BCUT2D eigenvalue weighted by atomic mass is 9.87. The topological polar surface area (TPSA) is 58.6 Å². The van der Waals surface area contributed by atoms with Crippen molar-refractivity contribution >= 4 is 29.3 Å². The maximum Gasteiger partial charge on any atom is 0.234 e. The summed E-state index contributed by atoms with van der Waals surface area (Å²) < 4.78 is 5.35. The van der Waals surface area contributed by atoms with E-state index in [0.29, 0.717) is 17.2 Å². The minimum atomic E-state index is -0.120. The van der Waals surface area contributed by atoms with Crippen LogP contribution in [0, 0.1) is 0 Å². The number of hydrogen-bond acceptors (Lipinski definition) is 4. The molecule has 1 saturated heterocycles. The molecule has 1 aliphatic rings. The average Bonchev–Trinajstić information content (AvgIpc) is 2.61. The second-order valence-electron chi connectivity index (χ2n) is 7.65. The molecule has 1 aromatic rings. The van der Waals surface area contributed by atoms with Crippen molar-refractivity contribution in [2.75, 3.05) is 37.0 Å². The summed E-state index contributed by atoms with van der Waals surface area (Å²) in [5, 5.41) is 2.92. The number of rotatable bonds is 6. The highest BCUT2D eigenvalue weighted by atomic mass is 32.2. The van der Waals surface area contributed by atoms with E-state index in [4.69, 9.17) is 4.74 Å². The quantitative estimate of drug-likeness (QED) is 0.820. The van der Waals surface area contributed by atoms with E-state index in [1.807, 2.05) is 23.1 Å². The standard InChI is InChI=1S/C20H30N2O3S/c1-20(2,3)15-8-9-17(25-4)16(12-15)21-18(23)13-26-14-19(24)22-10-6-5-7-11-22/h8-9,12H,5-7,10-11,13-14H2,1-4H3,(H,21,23). The molecule has 0 spiro atoms. The zero-order valence-corrected chi connectivity index (χ0v) is 17.1. The monoisotopic (exact) mass is 378 g/mol. The van der Waals surface area contributed by atoms with Crippen LogP contribution in [-0.2, 0) is 15.0 Å². The van der Waals surface area contributed by atoms with Crippen LogP contribution in [-0.4, -0.2) is 48.4 Å². The van der Waals surface area contributed by atoms with Crippen LogP contribution in [0.1, 0.15) is 45.6 Å². The molecule has 0 saturated carbocycles. The van der Waals surface area contributed by atoms with Gasteiger partial charge >= 0.3 is 0 Å². The van der Waals surface area contributed by atoms with Crippen molar-refractivity contribution in [2.24, 2.45) is 0 Å². The lowest BCUT2D eigenvalue weighted by Gasteiger charge is -2.26. The number of carbonyl (C=O) groups is 2. The SMILES string of the molecule is COc1ccc(C(C)(C)C)cc1NC(=O)CSCC(=O)N1CCCCC1. The Labute approximate surface area is 160 Å². The molecule has 1 fully saturated rings. The number of benzene rings is 1. The molecular formula is C20H30N2O3S. The van der Waals surface area contributed by atoms with Gasteiger partial charge in [0.1, 0.15) is 5.75 Å². The number of amides is 2. The smallest absolute Gasteiger partial charge is 0.234 e. The van der Waals surface area contributed by atoms with Crippen molar-refractivity contribution in [3.8, 4) is 5.75 Å². The van der Waals surface area contributed by atoms with Gasteiger partial charge in [-0.3, -0.25) is 9.59 Å². The lowest BCUT2D eigenvalue weighted by molar-refractivity contribution is -0.129. The first kappa shape index (κ1) is 20.6. The molecule has 6 heteroatoms. The second-order valence-corrected chi connectivity index (χ2v) is 8.63. The maximum atomic E-state index is 12.3. The normalized spacial score (nSPS) is 14.8. The van der Waals surface area contributed by atoms with Crippen LogP contribution in [0.4, 0.5) is 5.69 Å². The summed E-state index contributed by atoms with van der Waals surface area (Å²) >= 11 is 1.36. The first-order valence-electron chi connectivity index (χ1n) is 9.15. The zero-order valence-electron chi connectivity index (χ0n) is 16.3. The predicted molar refractivity (Wildman–Crippen MR) is 108 cm³/mol. The van der Waals surface area contributed by atoms with Gasteiger partial charge in [0, 0.05) is 13.1 Å². The Bertz CT molecular complexity index is 634. The molecule has 0 atom stereocenters. The van der Waals surface area contributed by atoms with Gasteiger partial charge in [-0.05, 0) is 42.4 Å². The molecule has 0 aromatic heterocycles. The molecule has 1 heterocycles. The van der Waals surface area contributed by atoms with Crippen LogP contribution in [0.3, 0.4) is 0 Å². The first-order valence-corrected chi connectivity index (χ1v) is 10.3. The molecule has 0 bridgehead atoms. The molecule has 0 unspecified atom stereocenters. The highest BCUT2D eigenvalue weighted by Gasteiger charge is 2.18. The van der Waals surface area contributed by atoms with Crippen molar-refractivity contribution in [1.82, 2.24) is 4.90 Å². The van der Waals surface area contributed by atoms with E-state index in [-0.39, 0.29) is 23.0 Å². The van der Waals surface area contributed by atoms with Gasteiger partial charge in [-0.15, -0.1) is 11.8 Å². The van der Waals surface area contributed by atoms with Crippen molar-refractivity contribution < 1.29 is 14.3 Å². The van der Waals surface area contributed by atoms with Gasteiger partial charge in [-0.1, -0.05) is 26.8 Å². The van der Waals surface area contributed by atoms with E-state index >= 15 is 0 Å². The fourth-order valence-corrected chi connectivity index (χ4v) is 3.64. The van der Waals surface area contributed by atoms with Crippen LogP contribution in [0.2, 0.25) is 0 Å². The van der Waals surface area contributed by atoms with Gasteiger partial charge in [0.25, 0.3) is 0 Å². The Morgan fingerprint density at radius 3 is 2.46 bits per heavy atom. The minimum absolute atomic E-state index is 0.0125. The van der Waals surface area contributed by atoms with Crippen LogP contribution in [0.25, 0.3) is 0 Å². The molecule has 1 aromatic carbocycles. The van der Waals surface area contributed by atoms with Crippen LogP contribution in [0.5, 0.6) is 5.75 Å². The van der Waals surface area contributed by atoms with Crippen LogP contribution >= 0.6 is 11.8 Å². The van der Waals surface area contributed by atoms with E-state index in [9.17, 15) is 9.59 Å². The molecule has 1 aliphatic heterocycles. The van der Waals surface area contributed by atoms with Crippen molar-refractivity contribution in [3.63, 3.8) is 0 Å². The third kappa shape index (κ3) is 5.94. The van der Waals surface area contributed by atoms with Gasteiger partial charge in [0.15, 0.2) is 0 Å². The summed E-state index contributed by atoms with van der Waals surface area (Å²) in [5.41, 5.74) is 1.79. The average molecular weight is 379 g/mol. The van der Waals surface area contributed by atoms with E-state index in [2.05, 4.69) is 26.1 Å². The number of hydrogen-bond donors (Lipinski definition) is 1. The minimum Gasteiger partial charge on any atom is -0.495 e. The van der Waals surface area contributed by atoms with Crippen LogP contribution in [0.15, 0.2) is 18.2 Å². The molecule has 144 valence electrons. The molecule has 0 radical (unpaired) electrons. The molecule has 2 rings (SSSR count). The second kappa shape index (κ2) is 9.31. The maximum absolute atomic E-state index is 12.3. The lowest BCUT2D eigenvalue weighted by Crippen LogP contribution is -2.37. The largest absolute Gasteiger partial charge is 0.495 e. The zero-order chi connectivity index (χ0) is 19.2. The van der Waals surface area contributed by atoms with E-state index in [0.717, 1.165) is 31.5 Å². The molecule has 5 nitrogen and oxygen atoms in total. The number of thioether (sulfide) groups is 1. The summed E-state index contributed by atoms with van der Waals surface area (Å²) in [6.07, 6.45) is 3.37. The Kier molecular flexibility index (Phi) is 7.38. The molecule has 0 aliphatic carbocycles. The molecule has 1 N–H and O–H groups in total. The van der Waals surface area contributed by atoms with E-state index in [1.165, 1.54) is 18.2 Å². The van der Waals surface area contributed by atoms with Gasteiger partial charge in [-0.25, -0.2) is 0 Å². The summed E-state index contributed by atoms with van der Waals surface area (Å²) in [6.45, 7) is 8.08. The van der Waals surface area contributed by atoms with Crippen molar-refractivity contribution in [2.45, 2.75) is 45.4 Å². The molecule has 26 heavy (non-hydrogen) atoms. The Morgan fingerprint density at radius 1 is 1.15 bits per heavy atom. The van der Waals surface area contributed by atoms with Gasteiger partial charge in [-0.2, -0.15) is 0 Å². The van der Waals surface area contributed by atoms with Crippen LogP contribution < -0.4 is 10.1 Å².